The van der Waals surface area contributed by atoms with Crippen molar-refractivity contribution < 1.29 is 29.0 Å². The van der Waals surface area contributed by atoms with E-state index in [1.165, 1.54) is 13.4 Å². The molecule has 1 N–H and O–H groups in total. The van der Waals surface area contributed by atoms with Gasteiger partial charge < -0.3 is 19.4 Å². The van der Waals surface area contributed by atoms with Crippen LogP contribution in [0.25, 0.3) is 0 Å². The molecule has 0 bridgehead atoms. The van der Waals surface area contributed by atoms with Gasteiger partial charge in [0.25, 0.3) is 0 Å². The van der Waals surface area contributed by atoms with E-state index in [4.69, 9.17) is 9.84 Å². The van der Waals surface area contributed by atoms with Crippen molar-refractivity contribution in [2.75, 3.05) is 7.11 Å². The summed E-state index contributed by atoms with van der Waals surface area (Å²) in [5.41, 5.74) is 0.0881. The Morgan fingerprint density at radius 2 is 2.24 bits per heavy atom. The average Bonchev–Trinajstić information content (AvgIpc) is 2.28. The Balaban J connectivity index is 3.04. The van der Waals surface area contributed by atoms with E-state index >= 15 is 0 Å². The highest BCUT2D eigenvalue weighted by Gasteiger charge is 2.38. The summed E-state index contributed by atoms with van der Waals surface area (Å²) in [5, 5.41) is 8.80. The van der Waals surface area contributed by atoms with Gasteiger partial charge in [-0.3, -0.25) is 4.79 Å². The third kappa shape index (κ3) is 2.83. The van der Waals surface area contributed by atoms with Crippen molar-refractivity contribution in [3.05, 3.63) is 11.8 Å². The van der Waals surface area contributed by atoms with Crippen LogP contribution in [0.15, 0.2) is 11.8 Å². The Kier molecular flexibility index (Phi) is 4.25. The molecular formula is C11H14O6. The molecule has 1 aliphatic heterocycles. The van der Waals surface area contributed by atoms with Gasteiger partial charge in [-0.1, -0.05) is 0 Å². The zero-order valence-electron chi connectivity index (χ0n) is 9.58. The van der Waals surface area contributed by atoms with Crippen LogP contribution in [0.2, 0.25) is 0 Å². The van der Waals surface area contributed by atoms with Crippen LogP contribution >= 0.6 is 0 Å². The van der Waals surface area contributed by atoms with Gasteiger partial charge in [0.2, 0.25) is 0 Å². The van der Waals surface area contributed by atoms with Gasteiger partial charge in [-0.2, -0.15) is 0 Å². The number of rotatable bonds is 4. The maximum Gasteiger partial charge on any atom is 0.337 e. The molecular weight excluding hydrogens is 228 g/mol. The molecule has 3 unspecified atom stereocenters. The lowest BCUT2D eigenvalue weighted by molar-refractivity contribution is -0.141. The predicted octanol–water partition coefficient (Wildman–Crippen LogP) is 0.368. The summed E-state index contributed by atoms with van der Waals surface area (Å²) in [5.74, 6) is -3.12. The number of carboxylic acids is 1. The van der Waals surface area contributed by atoms with Crippen LogP contribution in [0.3, 0.4) is 0 Å². The SMILES string of the molecule is COC(=O)C1=COC(C)C(C=O)C1CC(=O)O. The first-order valence-electron chi connectivity index (χ1n) is 5.12. The van der Waals surface area contributed by atoms with Crippen molar-refractivity contribution in [1.82, 2.24) is 0 Å². The molecule has 6 nitrogen and oxygen atoms in total. The van der Waals surface area contributed by atoms with Gasteiger partial charge in [0.05, 0.1) is 31.3 Å². The summed E-state index contributed by atoms with van der Waals surface area (Å²) in [6.07, 6.45) is 1.04. The molecule has 0 aromatic heterocycles. The summed E-state index contributed by atoms with van der Waals surface area (Å²) >= 11 is 0. The Morgan fingerprint density at radius 1 is 1.59 bits per heavy atom. The number of ether oxygens (including phenoxy) is 2. The summed E-state index contributed by atoms with van der Waals surface area (Å²) in [6, 6.07) is 0. The van der Waals surface area contributed by atoms with Crippen LogP contribution in [-0.2, 0) is 23.9 Å². The minimum absolute atomic E-state index is 0.0881. The molecule has 3 atom stereocenters. The minimum Gasteiger partial charge on any atom is -0.497 e. The van der Waals surface area contributed by atoms with Gasteiger partial charge >= 0.3 is 11.9 Å². The Bertz CT molecular complexity index is 359. The van der Waals surface area contributed by atoms with Crippen molar-refractivity contribution in [2.24, 2.45) is 11.8 Å². The van der Waals surface area contributed by atoms with E-state index in [-0.39, 0.29) is 12.0 Å². The lowest BCUT2D eigenvalue weighted by Crippen LogP contribution is -2.37. The van der Waals surface area contributed by atoms with Crippen LogP contribution in [0.1, 0.15) is 13.3 Å². The van der Waals surface area contributed by atoms with E-state index in [1.807, 2.05) is 0 Å². The molecule has 0 radical (unpaired) electrons. The second kappa shape index (κ2) is 5.47. The molecule has 0 spiro atoms. The normalized spacial score (nSPS) is 27.6. The maximum atomic E-state index is 11.4. The first kappa shape index (κ1) is 13.2. The number of hydrogen-bond donors (Lipinski definition) is 1. The highest BCUT2D eigenvalue weighted by Crippen LogP contribution is 2.32. The first-order valence-corrected chi connectivity index (χ1v) is 5.12. The maximum absolute atomic E-state index is 11.4. The largest absolute Gasteiger partial charge is 0.497 e. The quantitative estimate of drug-likeness (QED) is 0.565. The molecule has 17 heavy (non-hydrogen) atoms. The summed E-state index contributed by atoms with van der Waals surface area (Å²) < 4.78 is 9.68. The molecule has 6 heteroatoms. The fourth-order valence-corrected chi connectivity index (χ4v) is 1.85. The van der Waals surface area contributed by atoms with Gasteiger partial charge in [-0.25, -0.2) is 4.79 Å². The first-order chi connectivity index (χ1) is 8.01. The Hall–Kier alpha value is -1.85. The lowest BCUT2D eigenvalue weighted by atomic mass is 9.80. The molecule has 0 aromatic carbocycles. The topological polar surface area (TPSA) is 89.9 Å². The van der Waals surface area contributed by atoms with E-state index in [0.29, 0.717) is 6.29 Å². The average molecular weight is 242 g/mol. The highest BCUT2D eigenvalue weighted by molar-refractivity contribution is 5.90. The zero-order valence-corrected chi connectivity index (χ0v) is 9.58. The van der Waals surface area contributed by atoms with Gasteiger partial charge in [-0.05, 0) is 6.92 Å². The number of carbonyl (C=O) groups is 3. The van der Waals surface area contributed by atoms with Crippen molar-refractivity contribution in [3.8, 4) is 0 Å². The van der Waals surface area contributed by atoms with Crippen LogP contribution in [0, 0.1) is 11.8 Å². The number of aldehydes is 1. The predicted molar refractivity (Wildman–Crippen MR) is 55.9 cm³/mol. The summed E-state index contributed by atoms with van der Waals surface area (Å²) in [7, 11) is 1.19. The Labute approximate surface area is 98.2 Å². The fraction of sp³-hybridized carbons (Fsp3) is 0.545. The summed E-state index contributed by atoms with van der Waals surface area (Å²) in [6.45, 7) is 1.65. The molecule has 0 amide bonds. The molecule has 1 heterocycles. The number of aliphatic carboxylic acids is 1. The molecule has 0 aromatic rings. The standard InChI is InChI=1S/C11H14O6/c1-6-8(4-12)7(3-10(13)14)9(5-17-6)11(15)16-2/h4-8H,3H2,1-2H3,(H,13,14). The van der Waals surface area contributed by atoms with Gasteiger partial charge in [0.1, 0.15) is 12.4 Å². The summed E-state index contributed by atoms with van der Waals surface area (Å²) in [4.78, 5) is 33.2. The third-order valence-corrected chi connectivity index (χ3v) is 2.79. The van der Waals surface area contributed by atoms with E-state index in [9.17, 15) is 14.4 Å². The van der Waals surface area contributed by atoms with Crippen molar-refractivity contribution in [2.45, 2.75) is 19.4 Å². The number of hydrogen-bond acceptors (Lipinski definition) is 5. The van der Waals surface area contributed by atoms with Crippen LogP contribution in [-0.4, -0.2) is 36.5 Å². The Morgan fingerprint density at radius 3 is 2.71 bits per heavy atom. The molecule has 94 valence electrons. The van der Waals surface area contributed by atoms with E-state index in [2.05, 4.69) is 4.74 Å². The highest BCUT2D eigenvalue weighted by atomic mass is 16.5. The monoisotopic (exact) mass is 242 g/mol. The molecule has 1 aliphatic rings. The number of carboxylic acid groups (broad SMARTS) is 1. The van der Waals surface area contributed by atoms with Crippen LogP contribution < -0.4 is 0 Å². The smallest absolute Gasteiger partial charge is 0.337 e. The fourth-order valence-electron chi connectivity index (χ4n) is 1.85. The number of carbonyl (C=O) groups excluding carboxylic acids is 2. The molecule has 0 aliphatic carbocycles. The molecule has 1 rings (SSSR count). The van der Waals surface area contributed by atoms with Gasteiger partial charge in [0.15, 0.2) is 0 Å². The van der Waals surface area contributed by atoms with Crippen molar-refractivity contribution in [1.29, 1.82) is 0 Å². The lowest BCUT2D eigenvalue weighted by Gasteiger charge is -2.31. The van der Waals surface area contributed by atoms with E-state index in [0.717, 1.165) is 0 Å². The zero-order chi connectivity index (χ0) is 13.0. The van der Waals surface area contributed by atoms with Crippen molar-refractivity contribution >= 4 is 18.2 Å². The van der Waals surface area contributed by atoms with Crippen molar-refractivity contribution in [3.63, 3.8) is 0 Å². The third-order valence-electron chi connectivity index (χ3n) is 2.79. The van der Waals surface area contributed by atoms with E-state index < -0.39 is 29.9 Å². The number of esters is 1. The molecule has 0 saturated carbocycles. The molecule has 0 fully saturated rings. The number of methoxy groups -OCH3 is 1. The minimum atomic E-state index is -1.08. The van der Waals surface area contributed by atoms with Gasteiger partial charge in [0, 0.05) is 5.92 Å². The van der Waals surface area contributed by atoms with E-state index in [1.54, 1.807) is 6.92 Å². The van der Waals surface area contributed by atoms with Crippen LogP contribution in [0.5, 0.6) is 0 Å². The molecule has 0 saturated heterocycles. The van der Waals surface area contributed by atoms with Gasteiger partial charge in [-0.15, -0.1) is 0 Å². The van der Waals surface area contributed by atoms with Crippen LogP contribution in [0.4, 0.5) is 0 Å². The second-order valence-corrected chi connectivity index (χ2v) is 3.82. The second-order valence-electron chi connectivity index (χ2n) is 3.82.